The smallest absolute Gasteiger partial charge is 0.0894 e. The van der Waals surface area contributed by atoms with E-state index in [1.54, 1.807) is 0 Å². The topological polar surface area (TPSA) is 26.7 Å². The first kappa shape index (κ1) is 10.4. The molecule has 1 heterocycles. The molecule has 0 bridgehead atoms. The minimum Gasteiger partial charge on any atom is -0.392 e. The van der Waals surface area contributed by atoms with Crippen LogP contribution in [0.15, 0.2) is 12.4 Å². The monoisotopic (exact) mass is 184 g/mol. The van der Waals surface area contributed by atoms with Gasteiger partial charge in [-0.3, -0.25) is 0 Å². The van der Waals surface area contributed by atoms with Crippen molar-refractivity contribution in [2.24, 2.45) is 0 Å². The number of hydrogen-bond acceptors (Lipinski definition) is 3. The van der Waals surface area contributed by atoms with Gasteiger partial charge in [-0.15, -0.1) is 0 Å². The summed E-state index contributed by atoms with van der Waals surface area (Å²) in [6.45, 7) is 6.82. The van der Waals surface area contributed by atoms with Crippen LogP contribution in [0.3, 0.4) is 0 Å². The lowest BCUT2D eigenvalue weighted by Crippen LogP contribution is -2.30. The van der Waals surface area contributed by atoms with E-state index in [1.165, 1.54) is 12.8 Å². The molecule has 0 spiro atoms. The van der Waals surface area contributed by atoms with Crippen molar-refractivity contribution in [1.29, 1.82) is 0 Å². The van der Waals surface area contributed by atoms with E-state index < -0.39 is 0 Å². The van der Waals surface area contributed by atoms with Crippen LogP contribution in [0.4, 0.5) is 0 Å². The third kappa shape index (κ3) is 3.68. The molecule has 13 heavy (non-hydrogen) atoms. The predicted octanol–water partition coefficient (Wildman–Crippen LogP) is 1.21. The first-order chi connectivity index (χ1) is 6.22. The molecule has 0 aromatic rings. The zero-order valence-corrected chi connectivity index (χ0v) is 8.61. The van der Waals surface area contributed by atoms with Gasteiger partial charge in [-0.05, 0) is 13.3 Å². The molecule has 1 aliphatic rings. The van der Waals surface area contributed by atoms with E-state index in [0.29, 0.717) is 0 Å². The second kappa shape index (κ2) is 5.12. The van der Waals surface area contributed by atoms with Gasteiger partial charge in [-0.1, -0.05) is 13.3 Å². The largest absolute Gasteiger partial charge is 0.392 e. The van der Waals surface area contributed by atoms with Crippen LogP contribution in [0.25, 0.3) is 0 Å². The molecule has 76 valence electrons. The number of nitrogens with zero attached hydrogens (tertiary/aromatic N) is 2. The molecule has 3 nitrogen and oxygen atoms in total. The Morgan fingerprint density at radius 1 is 1.38 bits per heavy atom. The quantitative estimate of drug-likeness (QED) is 0.696. The Labute approximate surface area is 80.6 Å². The third-order valence-corrected chi connectivity index (χ3v) is 2.15. The highest BCUT2D eigenvalue weighted by Gasteiger charge is 2.12. The molecule has 0 aromatic carbocycles. The van der Waals surface area contributed by atoms with Gasteiger partial charge < -0.3 is 14.9 Å². The Balaban J connectivity index is 2.18. The number of aliphatic hydroxyl groups excluding tert-OH is 1. The second-order valence-corrected chi connectivity index (χ2v) is 3.73. The molecule has 0 saturated heterocycles. The Morgan fingerprint density at radius 2 is 2.08 bits per heavy atom. The van der Waals surface area contributed by atoms with Crippen molar-refractivity contribution in [2.45, 2.75) is 32.8 Å². The Bertz CT molecular complexity index is 168. The molecule has 0 aliphatic carbocycles. The highest BCUT2D eigenvalue weighted by atomic mass is 16.3. The van der Waals surface area contributed by atoms with Crippen molar-refractivity contribution in [3.63, 3.8) is 0 Å². The van der Waals surface area contributed by atoms with E-state index in [0.717, 1.165) is 19.8 Å². The zero-order chi connectivity index (χ0) is 9.68. The molecule has 0 fully saturated rings. The van der Waals surface area contributed by atoms with Crippen molar-refractivity contribution in [1.82, 2.24) is 9.80 Å². The molecule has 0 aromatic heterocycles. The molecule has 1 atom stereocenters. The normalized spacial score (nSPS) is 18.4. The SMILES string of the molecule is CCCCN1C=CN(CC(C)O)C1. The molecule has 1 unspecified atom stereocenters. The number of hydrogen-bond donors (Lipinski definition) is 1. The van der Waals surface area contributed by atoms with E-state index in [2.05, 4.69) is 29.1 Å². The van der Waals surface area contributed by atoms with Crippen LogP contribution in [-0.4, -0.2) is 40.8 Å². The minimum absolute atomic E-state index is 0.240. The van der Waals surface area contributed by atoms with Gasteiger partial charge in [-0.2, -0.15) is 0 Å². The number of aliphatic hydroxyl groups is 1. The van der Waals surface area contributed by atoms with Gasteiger partial charge >= 0.3 is 0 Å². The molecule has 3 heteroatoms. The minimum atomic E-state index is -0.240. The molecule has 1 N–H and O–H groups in total. The van der Waals surface area contributed by atoms with Crippen molar-refractivity contribution < 1.29 is 5.11 Å². The van der Waals surface area contributed by atoms with Crippen LogP contribution in [0.2, 0.25) is 0 Å². The fraction of sp³-hybridized carbons (Fsp3) is 0.800. The summed E-state index contributed by atoms with van der Waals surface area (Å²) in [6.07, 6.45) is 6.41. The van der Waals surface area contributed by atoms with Gasteiger partial charge in [0.2, 0.25) is 0 Å². The maximum absolute atomic E-state index is 9.18. The lowest BCUT2D eigenvalue weighted by molar-refractivity contribution is 0.138. The van der Waals surface area contributed by atoms with Gasteiger partial charge in [0.05, 0.1) is 12.8 Å². The van der Waals surface area contributed by atoms with Gasteiger partial charge in [0.15, 0.2) is 0 Å². The van der Waals surface area contributed by atoms with Crippen molar-refractivity contribution in [3.8, 4) is 0 Å². The first-order valence-corrected chi connectivity index (χ1v) is 5.07. The van der Waals surface area contributed by atoms with Crippen LogP contribution in [0, 0.1) is 0 Å². The van der Waals surface area contributed by atoms with Crippen LogP contribution in [0.1, 0.15) is 26.7 Å². The predicted molar refractivity (Wildman–Crippen MR) is 54.0 cm³/mol. The summed E-state index contributed by atoms with van der Waals surface area (Å²) in [5.74, 6) is 0. The average Bonchev–Trinajstić information content (AvgIpc) is 2.48. The second-order valence-electron chi connectivity index (χ2n) is 3.73. The molecule has 1 rings (SSSR count). The van der Waals surface area contributed by atoms with Gasteiger partial charge in [0.1, 0.15) is 0 Å². The van der Waals surface area contributed by atoms with Crippen LogP contribution < -0.4 is 0 Å². The van der Waals surface area contributed by atoms with Crippen LogP contribution in [-0.2, 0) is 0 Å². The Kier molecular flexibility index (Phi) is 4.09. The van der Waals surface area contributed by atoms with Crippen LogP contribution in [0.5, 0.6) is 0 Å². The maximum Gasteiger partial charge on any atom is 0.0894 e. The van der Waals surface area contributed by atoms with Crippen LogP contribution >= 0.6 is 0 Å². The van der Waals surface area contributed by atoms with E-state index in [9.17, 15) is 5.11 Å². The lowest BCUT2D eigenvalue weighted by atomic mass is 10.3. The van der Waals surface area contributed by atoms with Gasteiger partial charge in [0.25, 0.3) is 0 Å². The number of rotatable bonds is 5. The van der Waals surface area contributed by atoms with Gasteiger partial charge in [-0.25, -0.2) is 0 Å². The van der Waals surface area contributed by atoms with E-state index in [1.807, 2.05) is 6.92 Å². The Morgan fingerprint density at radius 3 is 2.69 bits per heavy atom. The molecule has 0 amide bonds. The summed E-state index contributed by atoms with van der Waals surface area (Å²) in [4.78, 5) is 4.42. The summed E-state index contributed by atoms with van der Waals surface area (Å²) in [6, 6.07) is 0. The summed E-state index contributed by atoms with van der Waals surface area (Å²) in [5, 5.41) is 9.18. The molecule has 0 saturated carbocycles. The van der Waals surface area contributed by atoms with Crippen molar-refractivity contribution in [3.05, 3.63) is 12.4 Å². The maximum atomic E-state index is 9.18. The average molecular weight is 184 g/mol. The summed E-state index contributed by atoms with van der Waals surface area (Å²) in [7, 11) is 0. The molecule has 0 radical (unpaired) electrons. The number of unbranched alkanes of at least 4 members (excludes halogenated alkanes) is 1. The highest BCUT2D eigenvalue weighted by molar-refractivity contribution is 4.90. The highest BCUT2D eigenvalue weighted by Crippen LogP contribution is 2.08. The fourth-order valence-corrected chi connectivity index (χ4v) is 1.48. The van der Waals surface area contributed by atoms with Crippen molar-refractivity contribution >= 4 is 0 Å². The van der Waals surface area contributed by atoms with E-state index in [4.69, 9.17) is 0 Å². The summed E-state index contributed by atoms with van der Waals surface area (Å²) >= 11 is 0. The summed E-state index contributed by atoms with van der Waals surface area (Å²) < 4.78 is 0. The fourth-order valence-electron chi connectivity index (χ4n) is 1.48. The van der Waals surface area contributed by atoms with E-state index in [-0.39, 0.29) is 6.10 Å². The molecular weight excluding hydrogens is 164 g/mol. The third-order valence-electron chi connectivity index (χ3n) is 2.15. The van der Waals surface area contributed by atoms with E-state index >= 15 is 0 Å². The van der Waals surface area contributed by atoms with Gasteiger partial charge in [0, 0.05) is 25.5 Å². The standard InChI is InChI=1S/C10H20N2O/c1-3-4-5-11-6-7-12(9-11)8-10(2)13/h6-7,10,13H,3-5,8-9H2,1-2H3. The number of β-amino-alcohol motifs (C(OH)–C–C–N with tert-alkyl or cyclic N) is 1. The Hall–Kier alpha value is -0.700. The zero-order valence-electron chi connectivity index (χ0n) is 8.61. The van der Waals surface area contributed by atoms with Crippen molar-refractivity contribution in [2.75, 3.05) is 19.8 Å². The molecular formula is C10H20N2O. The molecule has 1 aliphatic heterocycles. The first-order valence-electron chi connectivity index (χ1n) is 5.07. The lowest BCUT2D eigenvalue weighted by Gasteiger charge is -2.21. The summed E-state index contributed by atoms with van der Waals surface area (Å²) in [5.41, 5.74) is 0.